The summed E-state index contributed by atoms with van der Waals surface area (Å²) in [7, 11) is 10.6. The van der Waals surface area contributed by atoms with Gasteiger partial charge in [-0.1, -0.05) is 85.5 Å². The van der Waals surface area contributed by atoms with E-state index in [0.29, 0.717) is 35.2 Å². The number of nitriles is 2. The van der Waals surface area contributed by atoms with Crippen molar-refractivity contribution in [3.8, 4) is 12.1 Å². The van der Waals surface area contributed by atoms with Gasteiger partial charge in [0.05, 0.1) is 63.0 Å². The standard InChI is InChI=1S/C21H24F3N3S.2C19H21N3S/c1-25-11-13-26(14-12-25)9-4-10-27-17-5-2-3-6-19(17)28-20-8-7-16(15-18(20)27)21(22,23)24;2*1-14(12-21(2)3)13-22-16-6-4-5-7-18(16)23-19-9-8-15(11-20)10-17(19)22/h2-3,5-8,15H,4,9-14H2,1H3;2*4-10,14H,12-13H2,1-3H3. The lowest BCUT2D eigenvalue weighted by molar-refractivity contribution is -0.137. The van der Waals surface area contributed by atoms with Crippen molar-refractivity contribution in [2.24, 2.45) is 11.8 Å². The van der Waals surface area contributed by atoms with Gasteiger partial charge < -0.3 is 34.3 Å². The molecular weight excluding hydrogens is 988 g/mol. The summed E-state index contributed by atoms with van der Waals surface area (Å²) in [6.07, 6.45) is -3.42. The van der Waals surface area contributed by atoms with Gasteiger partial charge in [0.25, 0.3) is 0 Å². The minimum Gasteiger partial charge on any atom is -0.340 e. The quantitative estimate of drug-likeness (QED) is 0.117. The van der Waals surface area contributed by atoms with Crippen LogP contribution in [0.1, 0.15) is 37.0 Å². The molecule has 15 heteroatoms. The Labute approximate surface area is 449 Å². The molecule has 0 aliphatic carbocycles. The summed E-state index contributed by atoms with van der Waals surface area (Å²) in [5.41, 5.74) is 7.29. The number of nitrogens with zero attached hydrogens (tertiary/aromatic N) is 9. The highest BCUT2D eigenvalue weighted by Crippen LogP contribution is 2.51. The lowest BCUT2D eigenvalue weighted by Gasteiger charge is -2.35. The molecule has 0 aromatic heterocycles. The summed E-state index contributed by atoms with van der Waals surface area (Å²) >= 11 is 5.11. The van der Waals surface area contributed by atoms with Crippen LogP contribution in [0.15, 0.2) is 157 Å². The van der Waals surface area contributed by atoms with E-state index >= 15 is 0 Å². The predicted octanol–water partition coefficient (Wildman–Crippen LogP) is 13.7. The minimum absolute atomic E-state index is 0.528. The fourth-order valence-electron chi connectivity index (χ4n) is 9.95. The fraction of sp³-hybridized carbons (Fsp3) is 0.356. The Morgan fingerprint density at radius 3 is 1.32 bits per heavy atom. The molecule has 386 valence electrons. The zero-order valence-corrected chi connectivity index (χ0v) is 45.9. The van der Waals surface area contributed by atoms with Gasteiger partial charge in [0.2, 0.25) is 0 Å². The average Bonchev–Trinajstić information content (AvgIpc) is 3.38. The Kier molecular flexibility index (Phi) is 18.3. The van der Waals surface area contributed by atoms with Crippen molar-refractivity contribution < 1.29 is 13.2 Å². The Morgan fingerprint density at radius 1 is 0.514 bits per heavy atom. The van der Waals surface area contributed by atoms with E-state index in [1.165, 1.54) is 43.1 Å². The second kappa shape index (κ2) is 24.8. The lowest BCUT2D eigenvalue weighted by atomic mass is 10.1. The van der Waals surface area contributed by atoms with Crippen LogP contribution in [0.25, 0.3) is 0 Å². The molecule has 0 saturated carbocycles. The summed E-state index contributed by atoms with van der Waals surface area (Å²) in [5, 5.41) is 18.5. The number of likely N-dealkylation sites (N-methyl/N-ethyl adjacent to an activating group) is 1. The van der Waals surface area contributed by atoms with Crippen molar-refractivity contribution in [1.82, 2.24) is 19.6 Å². The molecule has 0 bridgehead atoms. The van der Waals surface area contributed by atoms with Gasteiger partial charge in [0.15, 0.2) is 0 Å². The van der Waals surface area contributed by atoms with Crippen LogP contribution in [0, 0.1) is 34.5 Å². The zero-order valence-electron chi connectivity index (χ0n) is 43.4. The van der Waals surface area contributed by atoms with Gasteiger partial charge in [-0.15, -0.1) is 0 Å². The van der Waals surface area contributed by atoms with E-state index in [2.05, 4.69) is 156 Å². The van der Waals surface area contributed by atoms with E-state index < -0.39 is 11.7 Å². The molecule has 6 aromatic rings. The van der Waals surface area contributed by atoms with Crippen molar-refractivity contribution in [1.29, 1.82) is 10.5 Å². The number of alkyl halides is 3. The van der Waals surface area contributed by atoms with Crippen molar-refractivity contribution >= 4 is 69.4 Å². The highest BCUT2D eigenvalue weighted by atomic mass is 32.2. The number of halogens is 3. The van der Waals surface area contributed by atoms with Gasteiger partial charge in [0, 0.05) is 88.3 Å². The third-order valence-electron chi connectivity index (χ3n) is 13.3. The van der Waals surface area contributed by atoms with E-state index in [1.807, 2.05) is 48.5 Å². The number of rotatable bonds is 12. The van der Waals surface area contributed by atoms with Crippen LogP contribution in [0.2, 0.25) is 0 Å². The molecule has 0 amide bonds. The first-order valence-electron chi connectivity index (χ1n) is 25.2. The van der Waals surface area contributed by atoms with E-state index in [0.717, 1.165) is 92.2 Å². The fourth-order valence-corrected chi connectivity index (χ4v) is 13.2. The Bertz CT molecular complexity index is 2830. The topological polar surface area (TPSA) is 70.3 Å². The number of fused-ring (bicyclic) bond motifs is 6. The first-order valence-corrected chi connectivity index (χ1v) is 27.7. The molecule has 1 fully saturated rings. The largest absolute Gasteiger partial charge is 0.416 e. The molecule has 74 heavy (non-hydrogen) atoms. The Hall–Kier alpha value is -5.62. The molecule has 2 unspecified atom stereocenters. The molecule has 4 aliphatic heterocycles. The first kappa shape index (κ1) is 54.6. The zero-order chi connectivity index (χ0) is 52.5. The number of anilines is 6. The second-order valence-electron chi connectivity index (χ2n) is 20.1. The van der Waals surface area contributed by atoms with Gasteiger partial charge in [0.1, 0.15) is 0 Å². The van der Waals surface area contributed by atoms with Gasteiger partial charge in [-0.25, -0.2) is 0 Å². The predicted molar refractivity (Wildman–Crippen MR) is 300 cm³/mol. The number of para-hydroxylation sites is 3. The summed E-state index contributed by atoms with van der Waals surface area (Å²) in [6.45, 7) is 14.4. The first-order chi connectivity index (χ1) is 35.6. The molecule has 2 atom stereocenters. The summed E-state index contributed by atoms with van der Waals surface area (Å²) < 4.78 is 39.8. The number of piperazine rings is 1. The van der Waals surface area contributed by atoms with Gasteiger partial charge in [-0.05, 0) is 151 Å². The molecule has 0 spiro atoms. The van der Waals surface area contributed by atoms with Crippen LogP contribution in [0.4, 0.5) is 47.3 Å². The van der Waals surface area contributed by atoms with Crippen molar-refractivity contribution in [2.45, 2.75) is 55.8 Å². The van der Waals surface area contributed by atoms with Crippen molar-refractivity contribution in [2.75, 3.05) is 115 Å². The van der Waals surface area contributed by atoms with Crippen LogP contribution in [0.3, 0.4) is 0 Å². The monoisotopic (exact) mass is 1050 g/mol. The minimum atomic E-state index is -4.33. The third kappa shape index (κ3) is 13.6. The van der Waals surface area contributed by atoms with E-state index in [9.17, 15) is 23.7 Å². The summed E-state index contributed by atoms with van der Waals surface area (Å²) in [4.78, 5) is 23.0. The molecule has 10 rings (SSSR count). The average molecular weight is 1050 g/mol. The summed E-state index contributed by atoms with van der Waals surface area (Å²) in [6, 6.07) is 45.6. The molecule has 6 aromatic carbocycles. The van der Waals surface area contributed by atoms with Crippen molar-refractivity contribution in [3.05, 3.63) is 144 Å². The number of benzene rings is 6. The SMILES string of the molecule is CC(CN(C)C)CN1c2ccccc2Sc2ccc(C#N)cc21.CC(CN(C)C)CN1c2ccccc2Sc2ccc(C#N)cc21.CN1CCN(CCCN2c3ccccc3Sc3ccc(C(F)(F)F)cc32)CC1. The molecule has 0 N–H and O–H groups in total. The normalized spacial score (nSPS) is 15.6. The van der Waals surface area contributed by atoms with Crippen molar-refractivity contribution in [3.63, 3.8) is 0 Å². The second-order valence-corrected chi connectivity index (χ2v) is 23.3. The maximum atomic E-state index is 13.3. The maximum absolute atomic E-state index is 13.3. The molecular formula is C59H66F3N9S3. The summed E-state index contributed by atoms with van der Waals surface area (Å²) in [5.74, 6) is 1.06. The highest BCUT2D eigenvalue weighted by Gasteiger charge is 2.34. The van der Waals surface area contributed by atoms with Crippen LogP contribution in [-0.4, -0.2) is 120 Å². The molecule has 9 nitrogen and oxygen atoms in total. The highest BCUT2D eigenvalue weighted by molar-refractivity contribution is 8.00. The Morgan fingerprint density at radius 2 is 0.905 bits per heavy atom. The van der Waals surface area contributed by atoms with Gasteiger partial charge in [-0.2, -0.15) is 23.7 Å². The maximum Gasteiger partial charge on any atom is 0.416 e. The molecule has 4 aliphatic rings. The van der Waals surface area contributed by atoms with Crippen LogP contribution >= 0.6 is 35.3 Å². The molecule has 1 saturated heterocycles. The van der Waals surface area contributed by atoms with Gasteiger partial charge >= 0.3 is 6.18 Å². The van der Waals surface area contributed by atoms with Crippen LogP contribution in [0.5, 0.6) is 0 Å². The lowest BCUT2D eigenvalue weighted by Crippen LogP contribution is -2.45. The molecule has 0 radical (unpaired) electrons. The Balaban J connectivity index is 0.000000149. The van der Waals surface area contributed by atoms with E-state index in [-0.39, 0.29) is 0 Å². The van der Waals surface area contributed by atoms with Gasteiger partial charge in [-0.3, -0.25) is 0 Å². The molecule has 4 heterocycles. The van der Waals surface area contributed by atoms with E-state index in [1.54, 1.807) is 41.4 Å². The number of hydrogen-bond acceptors (Lipinski definition) is 12. The third-order valence-corrected chi connectivity index (χ3v) is 16.6. The smallest absolute Gasteiger partial charge is 0.340 e. The van der Waals surface area contributed by atoms with Crippen LogP contribution < -0.4 is 14.7 Å². The number of hydrogen-bond donors (Lipinski definition) is 0. The van der Waals surface area contributed by atoms with Crippen LogP contribution in [-0.2, 0) is 6.18 Å². The van der Waals surface area contributed by atoms with E-state index in [4.69, 9.17) is 0 Å².